The van der Waals surface area contributed by atoms with E-state index in [2.05, 4.69) is 0 Å². The highest BCUT2D eigenvalue weighted by atomic mass is 19.4. The van der Waals surface area contributed by atoms with Crippen LogP contribution in [0.2, 0.25) is 0 Å². The Hall–Kier alpha value is -1.43. The largest absolute Gasteiger partial charge is 0.414 e. The average molecular weight is 236 g/mol. The minimum atomic E-state index is -4.82. The topological polar surface area (TPSA) is 37.3 Å². The quantitative estimate of drug-likeness (QED) is 0.646. The fourth-order valence-corrected chi connectivity index (χ4v) is 1.04. The smallest absolute Gasteiger partial charge is 0.383 e. The van der Waals surface area contributed by atoms with Crippen molar-refractivity contribution in [2.45, 2.75) is 18.7 Å². The Morgan fingerprint density at radius 2 is 1.75 bits per heavy atom. The van der Waals surface area contributed by atoms with Crippen molar-refractivity contribution in [3.05, 3.63) is 35.6 Å². The molecule has 0 heterocycles. The van der Waals surface area contributed by atoms with Crippen LogP contribution in [-0.4, -0.2) is 23.2 Å². The first-order chi connectivity index (χ1) is 7.30. The van der Waals surface area contributed by atoms with Crippen LogP contribution in [0.15, 0.2) is 24.3 Å². The molecular weight excluding hydrogens is 228 g/mol. The minimum absolute atomic E-state index is 0.0651. The summed E-state index contributed by atoms with van der Waals surface area (Å²) >= 11 is 0. The molecule has 1 rings (SSSR count). The van der Waals surface area contributed by atoms with E-state index in [1.807, 2.05) is 0 Å². The summed E-state index contributed by atoms with van der Waals surface area (Å²) in [7, 11) is 0. The third-order valence-corrected chi connectivity index (χ3v) is 1.92. The van der Waals surface area contributed by atoms with Crippen LogP contribution in [0.1, 0.15) is 16.8 Å². The normalized spacial score (nSPS) is 13.6. The number of ketones is 1. The Kier molecular flexibility index (Phi) is 3.64. The molecule has 0 aliphatic heterocycles. The van der Waals surface area contributed by atoms with E-state index in [-0.39, 0.29) is 5.56 Å². The molecule has 0 spiro atoms. The molecule has 0 bridgehead atoms. The number of hydrogen-bond acceptors (Lipinski definition) is 2. The summed E-state index contributed by atoms with van der Waals surface area (Å²) in [5.41, 5.74) is -0.0651. The van der Waals surface area contributed by atoms with Gasteiger partial charge in [0, 0.05) is 12.0 Å². The predicted octanol–water partition coefficient (Wildman–Crippen LogP) is 2.32. The summed E-state index contributed by atoms with van der Waals surface area (Å²) in [5.74, 6) is -1.47. The number of carbonyl (C=O) groups is 1. The van der Waals surface area contributed by atoms with E-state index in [9.17, 15) is 22.4 Å². The number of Topliss-reactive ketones (excluding diaryl/α,β-unsaturated/α-hetero) is 1. The molecule has 0 aliphatic rings. The number of rotatable bonds is 3. The van der Waals surface area contributed by atoms with Crippen molar-refractivity contribution in [3.8, 4) is 0 Å². The van der Waals surface area contributed by atoms with Crippen molar-refractivity contribution in [1.29, 1.82) is 0 Å². The van der Waals surface area contributed by atoms with Gasteiger partial charge in [-0.15, -0.1) is 0 Å². The van der Waals surface area contributed by atoms with Crippen LogP contribution in [0.25, 0.3) is 0 Å². The van der Waals surface area contributed by atoms with Crippen LogP contribution in [0, 0.1) is 5.82 Å². The van der Waals surface area contributed by atoms with Gasteiger partial charge in [-0.2, -0.15) is 13.2 Å². The molecule has 1 N–H and O–H groups in total. The standard InChI is InChI=1S/C10H8F4O2/c11-7-3-1-6(2-4-7)8(15)5-9(16)10(12,13)14/h1-4,9,16H,5H2/t9-/m1/s1. The molecule has 6 heteroatoms. The Morgan fingerprint density at radius 1 is 1.25 bits per heavy atom. The van der Waals surface area contributed by atoms with Crippen molar-refractivity contribution in [3.63, 3.8) is 0 Å². The Morgan fingerprint density at radius 3 is 2.19 bits per heavy atom. The lowest BCUT2D eigenvalue weighted by Crippen LogP contribution is -2.30. The monoisotopic (exact) mass is 236 g/mol. The van der Waals surface area contributed by atoms with Crippen molar-refractivity contribution >= 4 is 5.78 Å². The molecule has 2 nitrogen and oxygen atoms in total. The molecule has 88 valence electrons. The Balaban J connectivity index is 2.70. The second-order valence-electron chi connectivity index (χ2n) is 3.19. The van der Waals surface area contributed by atoms with Crippen molar-refractivity contribution in [1.82, 2.24) is 0 Å². The van der Waals surface area contributed by atoms with Gasteiger partial charge in [0.2, 0.25) is 0 Å². The Bertz CT molecular complexity index is 369. The van der Waals surface area contributed by atoms with E-state index in [0.717, 1.165) is 24.3 Å². The zero-order valence-electron chi connectivity index (χ0n) is 7.96. The maximum absolute atomic E-state index is 12.5. The minimum Gasteiger partial charge on any atom is -0.383 e. The van der Waals surface area contributed by atoms with Gasteiger partial charge in [-0.3, -0.25) is 4.79 Å². The molecule has 0 unspecified atom stereocenters. The van der Waals surface area contributed by atoms with Gasteiger partial charge in [0.05, 0.1) is 0 Å². The molecule has 0 fully saturated rings. The summed E-state index contributed by atoms with van der Waals surface area (Å²) in [6.45, 7) is 0. The van der Waals surface area contributed by atoms with E-state index in [1.165, 1.54) is 0 Å². The fraction of sp³-hybridized carbons (Fsp3) is 0.300. The highest BCUT2D eigenvalue weighted by Gasteiger charge is 2.39. The number of carbonyl (C=O) groups excluding carboxylic acids is 1. The van der Waals surface area contributed by atoms with E-state index in [4.69, 9.17) is 5.11 Å². The van der Waals surface area contributed by atoms with Gasteiger partial charge in [-0.25, -0.2) is 4.39 Å². The highest BCUT2D eigenvalue weighted by molar-refractivity contribution is 5.96. The number of benzene rings is 1. The first kappa shape index (κ1) is 12.6. The summed E-state index contributed by atoms with van der Waals surface area (Å²) in [4.78, 5) is 11.2. The zero-order valence-corrected chi connectivity index (χ0v) is 7.96. The molecule has 1 aromatic rings. The van der Waals surface area contributed by atoms with Crippen molar-refractivity contribution in [2.24, 2.45) is 0 Å². The van der Waals surface area contributed by atoms with Gasteiger partial charge in [0.1, 0.15) is 5.82 Å². The third kappa shape index (κ3) is 3.30. The van der Waals surface area contributed by atoms with Gasteiger partial charge in [-0.1, -0.05) is 0 Å². The van der Waals surface area contributed by atoms with Gasteiger partial charge in [0.15, 0.2) is 11.9 Å². The first-order valence-corrected chi connectivity index (χ1v) is 4.34. The molecule has 0 saturated carbocycles. The van der Waals surface area contributed by atoms with E-state index >= 15 is 0 Å². The van der Waals surface area contributed by atoms with Gasteiger partial charge in [-0.05, 0) is 24.3 Å². The summed E-state index contributed by atoms with van der Waals surface area (Å²) in [6, 6.07) is 4.07. The number of aliphatic hydroxyl groups excluding tert-OH is 1. The number of halogens is 4. The van der Waals surface area contributed by atoms with E-state index in [0.29, 0.717) is 0 Å². The van der Waals surface area contributed by atoms with Crippen LogP contribution >= 0.6 is 0 Å². The number of hydrogen-bond donors (Lipinski definition) is 1. The van der Waals surface area contributed by atoms with Crippen LogP contribution < -0.4 is 0 Å². The zero-order chi connectivity index (χ0) is 12.3. The molecule has 16 heavy (non-hydrogen) atoms. The molecule has 0 amide bonds. The maximum Gasteiger partial charge on any atom is 0.414 e. The number of alkyl halides is 3. The summed E-state index contributed by atoms with van der Waals surface area (Å²) in [6.07, 6.45) is -8.57. The van der Waals surface area contributed by atoms with Gasteiger partial charge >= 0.3 is 6.18 Å². The lowest BCUT2D eigenvalue weighted by atomic mass is 10.1. The third-order valence-electron chi connectivity index (χ3n) is 1.92. The van der Waals surface area contributed by atoms with Gasteiger partial charge < -0.3 is 5.11 Å². The molecular formula is C10H8F4O2. The first-order valence-electron chi connectivity index (χ1n) is 4.34. The highest BCUT2D eigenvalue weighted by Crippen LogP contribution is 2.23. The van der Waals surface area contributed by atoms with Crippen molar-refractivity contribution < 1.29 is 27.5 Å². The SMILES string of the molecule is O=C(C[C@@H](O)C(F)(F)F)c1ccc(F)cc1. The van der Waals surface area contributed by atoms with Crippen LogP contribution in [-0.2, 0) is 0 Å². The summed E-state index contributed by atoms with van der Waals surface area (Å²) < 4.78 is 48.2. The van der Waals surface area contributed by atoms with E-state index in [1.54, 1.807) is 0 Å². The Labute approximate surface area is 88.5 Å². The molecule has 0 aliphatic carbocycles. The molecule has 1 atom stereocenters. The fourth-order valence-electron chi connectivity index (χ4n) is 1.04. The van der Waals surface area contributed by atoms with Crippen molar-refractivity contribution in [2.75, 3.05) is 0 Å². The van der Waals surface area contributed by atoms with Crippen LogP contribution in [0.3, 0.4) is 0 Å². The van der Waals surface area contributed by atoms with Crippen LogP contribution in [0.4, 0.5) is 17.6 Å². The molecule has 0 saturated heterocycles. The van der Waals surface area contributed by atoms with E-state index < -0.39 is 30.3 Å². The molecule has 0 aromatic heterocycles. The average Bonchev–Trinajstić information content (AvgIpc) is 2.17. The maximum atomic E-state index is 12.5. The molecule has 0 radical (unpaired) electrons. The lowest BCUT2D eigenvalue weighted by Gasteiger charge is -2.13. The number of aliphatic hydroxyl groups is 1. The van der Waals surface area contributed by atoms with Crippen LogP contribution in [0.5, 0.6) is 0 Å². The van der Waals surface area contributed by atoms with Gasteiger partial charge in [0.25, 0.3) is 0 Å². The lowest BCUT2D eigenvalue weighted by molar-refractivity contribution is -0.202. The summed E-state index contributed by atoms with van der Waals surface area (Å²) in [5, 5.41) is 8.65. The second-order valence-corrected chi connectivity index (χ2v) is 3.19. The molecule has 1 aromatic carbocycles. The predicted molar refractivity (Wildman–Crippen MR) is 47.4 cm³/mol. The second kappa shape index (κ2) is 4.61.